The maximum atomic E-state index is 13.1. The highest BCUT2D eigenvalue weighted by atomic mass is 32.2. The van der Waals surface area contributed by atoms with E-state index >= 15 is 0 Å². The molecule has 4 aromatic rings. The molecule has 0 bridgehead atoms. The molecule has 2 aromatic carbocycles. The fourth-order valence-electron chi connectivity index (χ4n) is 4.69. The number of hydrogen-bond acceptors (Lipinski definition) is 5. The van der Waals surface area contributed by atoms with Crippen LogP contribution in [0.2, 0.25) is 0 Å². The number of benzene rings is 2. The molecule has 8 nitrogen and oxygen atoms in total. The zero-order valence-electron chi connectivity index (χ0n) is 19.7. The van der Waals surface area contributed by atoms with Gasteiger partial charge in [-0.25, -0.2) is 9.89 Å². The number of aromatic amines is 1. The van der Waals surface area contributed by atoms with Gasteiger partial charge < -0.3 is 5.32 Å². The number of nitrogens with zero attached hydrogens (tertiary/aromatic N) is 4. The Bertz CT molecular complexity index is 1460. The number of rotatable bonds is 8. The fraction of sp³-hybridized carbons (Fsp3) is 0.259. The van der Waals surface area contributed by atoms with E-state index in [1.807, 2.05) is 65.2 Å². The molecule has 1 aliphatic carbocycles. The maximum Gasteiger partial charge on any atom is 0.343 e. The quantitative estimate of drug-likeness (QED) is 0.356. The molecular weight excluding hydrogens is 472 g/mol. The van der Waals surface area contributed by atoms with Crippen LogP contribution < -0.4 is 11.0 Å². The second kappa shape index (κ2) is 10.7. The van der Waals surface area contributed by atoms with Crippen LogP contribution in [0.25, 0.3) is 5.69 Å². The van der Waals surface area contributed by atoms with Crippen LogP contribution in [0.1, 0.15) is 35.2 Å². The molecule has 1 aliphatic rings. The van der Waals surface area contributed by atoms with Crippen LogP contribution in [0.5, 0.6) is 0 Å². The van der Waals surface area contributed by atoms with Crippen molar-refractivity contribution in [3.63, 3.8) is 0 Å². The number of nitriles is 1. The minimum Gasteiger partial charge on any atom is -0.310 e. The van der Waals surface area contributed by atoms with E-state index in [0.717, 1.165) is 48.2 Å². The molecule has 0 spiro atoms. The number of hydrogen-bond donors (Lipinski definition) is 2. The highest BCUT2D eigenvalue weighted by molar-refractivity contribution is 7.99. The molecule has 5 rings (SSSR count). The van der Waals surface area contributed by atoms with Gasteiger partial charge in [0.25, 0.3) is 0 Å². The molecule has 0 saturated heterocycles. The Kier molecular flexibility index (Phi) is 7.05. The van der Waals surface area contributed by atoms with Gasteiger partial charge in [0, 0.05) is 17.9 Å². The van der Waals surface area contributed by atoms with Crippen molar-refractivity contribution in [3.05, 3.63) is 93.5 Å². The molecule has 0 unspecified atom stereocenters. The third kappa shape index (κ3) is 4.86. The van der Waals surface area contributed by atoms with Crippen molar-refractivity contribution < 1.29 is 4.79 Å². The molecule has 0 atom stereocenters. The van der Waals surface area contributed by atoms with Gasteiger partial charge in [0.15, 0.2) is 5.16 Å². The van der Waals surface area contributed by atoms with Gasteiger partial charge in [-0.3, -0.25) is 13.9 Å². The molecule has 0 fully saturated rings. The lowest BCUT2D eigenvalue weighted by Crippen LogP contribution is -2.20. The fourth-order valence-corrected chi connectivity index (χ4v) is 5.46. The first-order valence-electron chi connectivity index (χ1n) is 12.0. The molecule has 182 valence electrons. The molecule has 9 heteroatoms. The van der Waals surface area contributed by atoms with E-state index in [0.29, 0.717) is 29.5 Å². The van der Waals surface area contributed by atoms with Crippen LogP contribution in [0.15, 0.2) is 70.6 Å². The molecule has 36 heavy (non-hydrogen) atoms. The first-order valence-corrected chi connectivity index (χ1v) is 13.0. The molecule has 2 aromatic heterocycles. The average Bonchev–Trinajstić information content (AvgIpc) is 3.43. The molecule has 2 N–H and O–H groups in total. The van der Waals surface area contributed by atoms with E-state index < -0.39 is 0 Å². The van der Waals surface area contributed by atoms with Gasteiger partial charge in [0.2, 0.25) is 5.91 Å². The van der Waals surface area contributed by atoms with Crippen LogP contribution in [-0.2, 0) is 30.6 Å². The average molecular weight is 499 g/mol. The van der Waals surface area contributed by atoms with E-state index in [4.69, 9.17) is 0 Å². The van der Waals surface area contributed by atoms with E-state index in [-0.39, 0.29) is 17.3 Å². The summed E-state index contributed by atoms with van der Waals surface area (Å²) in [5.41, 5.74) is 4.39. The van der Waals surface area contributed by atoms with Crippen molar-refractivity contribution in [2.24, 2.45) is 0 Å². The van der Waals surface area contributed by atoms with E-state index in [9.17, 15) is 14.9 Å². The summed E-state index contributed by atoms with van der Waals surface area (Å²) in [6.45, 7) is 0.464. The summed E-state index contributed by atoms with van der Waals surface area (Å²) < 4.78 is 3.57. The van der Waals surface area contributed by atoms with Crippen LogP contribution in [0, 0.1) is 11.3 Å². The van der Waals surface area contributed by atoms with Crippen LogP contribution in [0.4, 0.5) is 5.82 Å². The zero-order valence-corrected chi connectivity index (χ0v) is 20.6. The van der Waals surface area contributed by atoms with Gasteiger partial charge in [-0.2, -0.15) is 5.26 Å². The number of H-pyrrole nitrogens is 1. The highest BCUT2D eigenvalue weighted by Crippen LogP contribution is 2.35. The smallest absolute Gasteiger partial charge is 0.310 e. The predicted molar refractivity (Wildman–Crippen MR) is 139 cm³/mol. The summed E-state index contributed by atoms with van der Waals surface area (Å²) in [6, 6.07) is 22.0. The van der Waals surface area contributed by atoms with Crippen molar-refractivity contribution in [3.8, 4) is 11.8 Å². The molecule has 1 amide bonds. The van der Waals surface area contributed by atoms with E-state index in [1.165, 1.54) is 11.8 Å². The van der Waals surface area contributed by atoms with Crippen molar-refractivity contribution in [2.45, 2.75) is 43.8 Å². The number of aryl methyl sites for hydroxylation is 1. The number of fused-ring (bicyclic) bond motifs is 1. The molecule has 0 saturated carbocycles. The number of anilines is 1. The Morgan fingerprint density at radius 2 is 1.81 bits per heavy atom. The van der Waals surface area contributed by atoms with Gasteiger partial charge >= 0.3 is 5.69 Å². The molecular formula is C27H26N6O2S. The maximum absolute atomic E-state index is 13.1. The van der Waals surface area contributed by atoms with Gasteiger partial charge in [0.05, 0.1) is 11.3 Å². The standard InChI is InChI=1S/C27H26N6O2S/c28-17-22-21-13-7-8-14-23(21)33(20-11-5-2-6-12-20)25(22)29-24(34)18-36-27-31-30-26(35)32(27)16-15-19-9-3-1-4-10-19/h1-6,9-12H,7-8,13-16,18H2,(H,29,34)(H,30,35). The van der Waals surface area contributed by atoms with Crippen LogP contribution >= 0.6 is 11.8 Å². The van der Waals surface area contributed by atoms with Gasteiger partial charge in [-0.05, 0) is 55.4 Å². The second-order valence-electron chi connectivity index (χ2n) is 8.67. The van der Waals surface area contributed by atoms with Crippen molar-refractivity contribution in [2.75, 3.05) is 11.1 Å². The number of carbonyl (C=O) groups is 1. The Morgan fingerprint density at radius 1 is 1.08 bits per heavy atom. The summed E-state index contributed by atoms with van der Waals surface area (Å²) in [5, 5.41) is 20.0. The van der Waals surface area contributed by atoms with E-state index in [1.54, 1.807) is 4.57 Å². The molecule has 0 aliphatic heterocycles. The lowest BCUT2D eigenvalue weighted by Gasteiger charge is -2.17. The lowest BCUT2D eigenvalue weighted by molar-refractivity contribution is -0.113. The highest BCUT2D eigenvalue weighted by Gasteiger charge is 2.27. The number of para-hydroxylation sites is 1. The molecule has 0 radical (unpaired) electrons. The SMILES string of the molecule is N#Cc1c2c(n(-c3ccccc3)c1NC(=O)CSc1n[nH]c(=O)n1CCc1ccccc1)CCCC2. The van der Waals surface area contributed by atoms with Crippen molar-refractivity contribution in [1.82, 2.24) is 19.3 Å². The molecule has 2 heterocycles. The summed E-state index contributed by atoms with van der Waals surface area (Å²) in [4.78, 5) is 25.4. The first kappa shape index (κ1) is 23.7. The van der Waals surface area contributed by atoms with Gasteiger partial charge in [-0.15, -0.1) is 5.10 Å². The Balaban J connectivity index is 1.34. The third-order valence-electron chi connectivity index (χ3n) is 6.38. The second-order valence-corrected chi connectivity index (χ2v) is 9.62. The summed E-state index contributed by atoms with van der Waals surface area (Å²) in [7, 11) is 0. The summed E-state index contributed by atoms with van der Waals surface area (Å²) in [6.07, 6.45) is 4.46. The Morgan fingerprint density at radius 3 is 2.56 bits per heavy atom. The van der Waals surface area contributed by atoms with E-state index in [2.05, 4.69) is 21.6 Å². The number of amides is 1. The number of carbonyl (C=O) groups excluding carboxylic acids is 1. The van der Waals surface area contributed by atoms with Gasteiger partial charge in [0.1, 0.15) is 11.9 Å². The van der Waals surface area contributed by atoms with Crippen LogP contribution in [0.3, 0.4) is 0 Å². The lowest BCUT2D eigenvalue weighted by atomic mass is 9.95. The monoisotopic (exact) mass is 498 g/mol. The minimum absolute atomic E-state index is 0.0607. The zero-order chi connectivity index (χ0) is 24.9. The van der Waals surface area contributed by atoms with Crippen molar-refractivity contribution in [1.29, 1.82) is 5.26 Å². The number of aromatic nitrogens is 4. The normalized spacial score (nSPS) is 12.6. The third-order valence-corrected chi connectivity index (χ3v) is 7.35. The largest absolute Gasteiger partial charge is 0.343 e. The summed E-state index contributed by atoms with van der Waals surface area (Å²) in [5.74, 6) is 0.323. The number of nitrogens with one attached hydrogen (secondary N) is 2. The Labute approximate surface area is 213 Å². The Hall–Kier alpha value is -4.03. The summed E-state index contributed by atoms with van der Waals surface area (Å²) >= 11 is 1.20. The minimum atomic E-state index is -0.300. The first-order chi connectivity index (χ1) is 17.7. The predicted octanol–water partition coefficient (Wildman–Crippen LogP) is 4.09. The van der Waals surface area contributed by atoms with Crippen molar-refractivity contribution >= 4 is 23.5 Å². The van der Waals surface area contributed by atoms with Crippen LogP contribution in [-0.4, -0.2) is 31.0 Å². The van der Waals surface area contributed by atoms with Gasteiger partial charge in [-0.1, -0.05) is 60.3 Å². The number of thioether (sulfide) groups is 1. The topological polar surface area (TPSA) is 108 Å².